The maximum absolute atomic E-state index is 13.1. The number of benzene rings is 2. The van der Waals surface area contributed by atoms with Crippen molar-refractivity contribution in [1.82, 2.24) is 0 Å². The second kappa shape index (κ2) is 7.62. The van der Waals surface area contributed by atoms with Crippen molar-refractivity contribution >= 4 is 28.5 Å². The highest BCUT2D eigenvalue weighted by Crippen LogP contribution is 2.27. The van der Waals surface area contributed by atoms with Crippen LogP contribution in [0.4, 0.5) is 10.1 Å². The van der Waals surface area contributed by atoms with E-state index < -0.39 is 0 Å². The molecule has 1 aliphatic heterocycles. The molecule has 1 amide bonds. The number of hydrogen-bond acceptors (Lipinski definition) is 3. The maximum atomic E-state index is 13.1. The first-order valence-electron chi connectivity index (χ1n) is 7.96. The molecule has 0 radical (unpaired) electrons. The minimum absolute atomic E-state index is 0.00572. The van der Waals surface area contributed by atoms with Gasteiger partial charge in [0.1, 0.15) is 5.82 Å². The average Bonchev–Trinajstić information content (AvgIpc) is 3.10. The molecule has 1 unspecified atom stereocenters. The Bertz CT molecular complexity index is 731. The summed E-state index contributed by atoms with van der Waals surface area (Å²) in [6.07, 6.45) is 0.347. The normalized spacial score (nSPS) is 15.0. The molecule has 0 bridgehead atoms. The summed E-state index contributed by atoms with van der Waals surface area (Å²) in [7, 11) is 0. The van der Waals surface area contributed by atoms with Crippen molar-refractivity contribution in [2.45, 2.75) is 19.3 Å². The summed E-state index contributed by atoms with van der Waals surface area (Å²) in [4.78, 5) is 19.1. The minimum atomic E-state index is -0.264. The van der Waals surface area contributed by atoms with E-state index in [0.717, 1.165) is 28.7 Å². The number of para-hydroxylation sites is 1. The summed E-state index contributed by atoms with van der Waals surface area (Å²) in [5.74, 6) is 0.654. The zero-order valence-electron chi connectivity index (χ0n) is 13.5. The highest BCUT2D eigenvalue weighted by Gasteiger charge is 2.25. The Morgan fingerprint density at radius 2 is 1.92 bits per heavy atom. The van der Waals surface area contributed by atoms with Gasteiger partial charge in [-0.15, -0.1) is 0 Å². The number of thioether (sulfide) groups is 1. The molecule has 0 saturated heterocycles. The lowest BCUT2D eigenvalue weighted by atomic mass is 9.97. The summed E-state index contributed by atoms with van der Waals surface area (Å²) in [5.41, 5.74) is 1.79. The van der Waals surface area contributed by atoms with Gasteiger partial charge in [0.05, 0.1) is 12.2 Å². The van der Waals surface area contributed by atoms with Gasteiger partial charge < -0.3 is 0 Å². The van der Waals surface area contributed by atoms with Gasteiger partial charge in [-0.25, -0.2) is 4.39 Å². The molecule has 5 heteroatoms. The SMILES string of the molecule is CC(CC(=O)N(C1=NCCS1)c1ccccc1)c1ccc(F)cc1. The van der Waals surface area contributed by atoms with Gasteiger partial charge in [0.15, 0.2) is 5.17 Å². The van der Waals surface area contributed by atoms with Crippen LogP contribution in [0.3, 0.4) is 0 Å². The molecule has 3 nitrogen and oxygen atoms in total. The molecule has 0 fully saturated rings. The Kier molecular flexibility index (Phi) is 5.30. The Morgan fingerprint density at radius 3 is 2.54 bits per heavy atom. The fraction of sp³-hybridized carbons (Fsp3) is 0.263. The highest BCUT2D eigenvalue weighted by atomic mass is 32.2. The van der Waals surface area contributed by atoms with Crippen LogP contribution in [0, 0.1) is 5.82 Å². The van der Waals surface area contributed by atoms with E-state index in [-0.39, 0.29) is 17.6 Å². The van der Waals surface area contributed by atoms with Crippen molar-refractivity contribution in [1.29, 1.82) is 0 Å². The monoisotopic (exact) mass is 342 g/mol. The number of carbonyl (C=O) groups is 1. The fourth-order valence-electron chi connectivity index (χ4n) is 2.66. The lowest BCUT2D eigenvalue weighted by molar-refractivity contribution is -0.117. The van der Waals surface area contributed by atoms with Gasteiger partial charge in [-0.05, 0) is 35.7 Å². The smallest absolute Gasteiger partial charge is 0.233 e. The van der Waals surface area contributed by atoms with Crippen molar-refractivity contribution in [3.05, 3.63) is 66.0 Å². The summed E-state index contributed by atoms with van der Waals surface area (Å²) < 4.78 is 13.1. The predicted molar refractivity (Wildman–Crippen MR) is 98.1 cm³/mol. The summed E-state index contributed by atoms with van der Waals surface area (Å²) in [5, 5.41) is 0.762. The van der Waals surface area contributed by atoms with Gasteiger partial charge in [0, 0.05) is 12.2 Å². The van der Waals surface area contributed by atoms with Crippen LogP contribution < -0.4 is 4.90 Å². The van der Waals surface area contributed by atoms with Crippen LogP contribution in [0.2, 0.25) is 0 Å². The predicted octanol–water partition coefficient (Wildman–Crippen LogP) is 4.46. The largest absolute Gasteiger partial charge is 0.274 e. The Morgan fingerprint density at radius 1 is 1.21 bits per heavy atom. The van der Waals surface area contributed by atoms with Crippen molar-refractivity contribution in [2.75, 3.05) is 17.2 Å². The first-order valence-corrected chi connectivity index (χ1v) is 8.94. The van der Waals surface area contributed by atoms with Crippen molar-refractivity contribution < 1.29 is 9.18 Å². The maximum Gasteiger partial charge on any atom is 0.233 e. The number of carbonyl (C=O) groups excluding carboxylic acids is 1. The number of amidine groups is 1. The van der Waals surface area contributed by atoms with Gasteiger partial charge in [-0.3, -0.25) is 14.7 Å². The van der Waals surface area contributed by atoms with Gasteiger partial charge in [0.2, 0.25) is 5.91 Å². The van der Waals surface area contributed by atoms with Crippen LogP contribution >= 0.6 is 11.8 Å². The fourth-order valence-corrected chi connectivity index (χ4v) is 3.54. The molecule has 24 heavy (non-hydrogen) atoms. The van der Waals surface area contributed by atoms with E-state index in [1.807, 2.05) is 37.3 Å². The van der Waals surface area contributed by atoms with Crippen molar-refractivity contribution in [2.24, 2.45) is 4.99 Å². The molecule has 1 atom stereocenters. The molecule has 0 aromatic heterocycles. The highest BCUT2D eigenvalue weighted by molar-refractivity contribution is 8.14. The zero-order valence-corrected chi connectivity index (χ0v) is 14.3. The van der Waals surface area contributed by atoms with E-state index in [9.17, 15) is 9.18 Å². The third-order valence-electron chi connectivity index (χ3n) is 3.94. The molecule has 2 aromatic rings. The van der Waals surface area contributed by atoms with Crippen LogP contribution in [0.5, 0.6) is 0 Å². The molecule has 3 rings (SSSR count). The molecule has 0 spiro atoms. The second-order valence-electron chi connectivity index (χ2n) is 5.73. The van der Waals surface area contributed by atoms with E-state index in [0.29, 0.717) is 6.42 Å². The third kappa shape index (κ3) is 3.85. The molecule has 2 aromatic carbocycles. The van der Waals surface area contributed by atoms with E-state index >= 15 is 0 Å². The molecule has 0 N–H and O–H groups in total. The van der Waals surface area contributed by atoms with Crippen LogP contribution in [0.1, 0.15) is 24.8 Å². The lowest BCUT2D eigenvalue weighted by Crippen LogP contribution is -2.35. The van der Waals surface area contributed by atoms with Gasteiger partial charge in [-0.1, -0.05) is 49.0 Å². The summed E-state index contributed by atoms with van der Waals surface area (Å²) in [6.45, 7) is 2.72. The van der Waals surface area contributed by atoms with Crippen molar-refractivity contribution in [3.8, 4) is 0 Å². The van der Waals surface area contributed by atoms with Gasteiger partial charge >= 0.3 is 0 Å². The number of anilines is 1. The van der Waals surface area contributed by atoms with Crippen molar-refractivity contribution in [3.63, 3.8) is 0 Å². The molecular formula is C19H19FN2OS. The minimum Gasteiger partial charge on any atom is -0.274 e. The Hall–Kier alpha value is -2.14. The molecule has 1 aliphatic rings. The first-order chi connectivity index (χ1) is 11.6. The standard InChI is InChI=1S/C19H19FN2OS/c1-14(15-7-9-16(20)10-8-15)13-18(23)22(19-21-11-12-24-19)17-5-3-2-4-6-17/h2-10,14H,11-13H2,1H3. The van der Waals surface area contributed by atoms with Crippen LogP contribution in [-0.4, -0.2) is 23.4 Å². The molecular weight excluding hydrogens is 323 g/mol. The Balaban J connectivity index is 1.80. The van der Waals surface area contributed by atoms with E-state index in [1.165, 1.54) is 12.1 Å². The quantitative estimate of drug-likeness (QED) is 0.822. The van der Waals surface area contributed by atoms with Crippen LogP contribution in [-0.2, 0) is 4.79 Å². The molecule has 124 valence electrons. The summed E-state index contributed by atoms with van der Waals surface area (Å²) >= 11 is 1.60. The third-order valence-corrected chi connectivity index (χ3v) is 4.90. The lowest BCUT2D eigenvalue weighted by Gasteiger charge is -2.23. The van der Waals surface area contributed by atoms with Crippen LogP contribution in [0.25, 0.3) is 0 Å². The summed E-state index contributed by atoms with van der Waals surface area (Å²) in [6, 6.07) is 15.9. The number of aliphatic imine (C=N–C) groups is 1. The molecule has 0 aliphatic carbocycles. The molecule has 1 heterocycles. The Labute approximate surface area is 145 Å². The first kappa shape index (κ1) is 16.7. The number of nitrogens with zero attached hydrogens (tertiary/aromatic N) is 2. The average molecular weight is 342 g/mol. The number of amides is 1. The van der Waals surface area contributed by atoms with Crippen LogP contribution in [0.15, 0.2) is 59.6 Å². The number of hydrogen-bond donors (Lipinski definition) is 0. The molecule has 0 saturated carbocycles. The van der Waals surface area contributed by atoms with Gasteiger partial charge in [-0.2, -0.15) is 0 Å². The number of halogens is 1. The zero-order chi connectivity index (χ0) is 16.9. The number of rotatable bonds is 4. The van der Waals surface area contributed by atoms with Gasteiger partial charge in [0.25, 0.3) is 0 Å². The topological polar surface area (TPSA) is 32.7 Å². The second-order valence-corrected chi connectivity index (χ2v) is 6.80. The van der Waals surface area contributed by atoms with E-state index in [1.54, 1.807) is 28.8 Å². The van der Waals surface area contributed by atoms with E-state index in [2.05, 4.69) is 4.99 Å². The van der Waals surface area contributed by atoms with E-state index in [4.69, 9.17) is 0 Å².